The molecule has 3 rings (SSSR count). The van der Waals surface area contributed by atoms with E-state index in [1.165, 1.54) is 5.56 Å². The van der Waals surface area contributed by atoms with Crippen molar-refractivity contribution in [1.29, 1.82) is 0 Å². The van der Waals surface area contributed by atoms with E-state index in [0.717, 1.165) is 60.0 Å². The monoisotopic (exact) mass is 398 g/mol. The van der Waals surface area contributed by atoms with E-state index >= 15 is 0 Å². The number of hydrogen-bond acceptors (Lipinski definition) is 3. The van der Waals surface area contributed by atoms with Gasteiger partial charge in [-0.25, -0.2) is 0 Å². The number of rotatable bonds is 6. The predicted octanol–water partition coefficient (Wildman–Crippen LogP) is 6.48. The van der Waals surface area contributed by atoms with Crippen LogP contribution in [-0.4, -0.2) is 18.5 Å². The molecule has 4 heteroatoms. The van der Waals surface area contributed by atoms with Crippen LogP contribution >= 0.6 is 11.6 Å². The highest BCUT2D eigenvalue weighted by molar-refractivity contribution is 6.31. The van der Waals surface area contributed by atoms with Gasteiger partial charge in [-0.1, -0.05) is 30.7 Å². The maximum absolute atomic E-state index is 11.1. The van der Waals surface area contributed by atoms with Crippen molar-refractivity contribution in [3.05, 3.63) is 58.3 Å². The number of halogens is 1. The molecule has 1 fully saturated rings. The predicted molar refractivity (Wildman–Crippen MR) is 115 cm³/mol. The molecule has 0 radical (unpaired) electrons. The summed E-state index contributed by atoms with van der Waals surface area (Å²) in [4.78, 5) is 11.1. The van der Waals surface area contributed by atoms with E-state index in [2.05, 4.69) is 25.1 Å². The third-order valence-corrected chi connectivity index (χ3v) is 6.04. The van der Waals surface area contributed by atoms with E-state index < -0.39 is 0 Å². The summed E-state index contributed by atoms with van der Waals surface area (Å²) in [5.74, 6) is 1.29. The number of aryl methyl sites for hydroxylation is 1. The molecular formula is C24H27ClO3. The van der Waals surface area contributed by atoms with Gasteiger partial charge in [0.2, 0.25) is 0 Å². The standard InChI is InChI=1S/C24H27ClO3/c1-4-17-7-8-18(22-13-20(25)9-10-23(22)28-3)12-21(17)15(2)24(27)19-6-5-16(11-19)14-26/h7-10,12-14,16,19,27H,4-6,11H2,1-3H3/b24-15-/t16-,19+/m1/s1. The number of carbonyl (C=O) groups excluding carboxylic acids is 1. The number of methoxy groups -OCH3 is 1. The fraction of sp³-hybridized carbons (Fsp3) is 0.375. The maximum Gasteiger partial charge on any atom is 0.126 e. The molecule has 2 atom stereocenters. The molecule has 0 aliphatic heterocycles. The highest BCUT2D eigenvalue weighted by Gasteiger charge is 2.28. The Balaban J connectivity index is 2.06. The average molecular weight is 399 g/mol. The van der Waals surface area contributed by atoms with Gasteiger partial charge in [-0.05, 0) is 79.1 Å². The Kier molecular flexibility index (Phi) is 6.46. The van der Waals surface area contributed by atoms with Gasteiger partial charge < -0.3 is 14.6 Å². The van der Waals surface area contributed by atoms with Crippen LogP contribution in [0.25, 0.3) is 16.7 Å². The van der Waals surface area contributed by atoms with Crippen molar-refractivity contribution in [3.8, 4) is 16.9 Å². The second kappa shape index (κ2) is 8.83. The number of carbonyl (C=O) groups is 1. The van der Waals surface area contributed by atoms with Gasteiger partial charge >= 0.3 is 0 Å². The lowest BCUT2D eigenvalue weighted by atomic mass is 9.90. The van der Waals surface area contributed by atoms with Crippen molar-refractivity contribution in [2.24, 2.45) is 11.8 Å². The third-order valence-electron chi connectivity index (χ3n) is 5.80. The van der Waals surface area contributed by atoms with Gasteiger partial charge in [-0.2, -0.15) is 0 Å². The number of benzene rings is 2. The topological polar surface area (TPSA) is 46.5 Å². The van der Waals surface area contributed by atoms with Gasteiger partial charge in [-0.15, -0.1) is 0 Å². The summed E-state index contributed by atoms with van der Waals surface area (Å²) in [6.07, 6.45) is 4.33. The Bertz CT molecular complexity index is 901. The normalized spacial score (nSPS) is 20.0. The summed E-state index contributed by atoms with van der Waals surface area (Å²) < 4.78 is 5.51. The van der Waals surface area contributed by atoms with Gasteiger partial charge in [0, 0.05) is 22.4 Å². The SMILES string of the molecule is CCc1ccc(-c2cc(Cl)ccc2OC)cc1/C(C)=C(\O)[C@H]1CC[C@@H](C=O)C1. The molecule has 0 heterocycles. The van der Waals surface area contributed by atoms with Crippen LogP contribution in [0.4, 0.5) is 0 Å². The van der Waals surface area contributed by atoms with E-state index in [1.807, 2.05) is 25.1 Å². The van der Waals surface area contributed by atoms with Gasteiger partial charge in [0.15, 0.2) is 0 Å². The first kappa shape index (κ1) is 20.5. The minimum atomic E-state index is 0.0595. The van der Waals surface area contributed by atoms with Gasteiger partial charge in [0.1, 0.15) is 12.0 Å². The largest absolute Gasteiger partial charge is 0.512 e. The molecule has 1 saturated carbocycles. The number of aldehydes is 1. The minimum absolute atomic E-state index is 0.0595. The highest BCUT2D eigenvalue weighted by atomic mass is 35.5. The van der Waals surface area contributed by atoms with Crippen LogP contribution in [0.15, 0.2) is 42.2 Å². The first-order valence-corrected chi connectivity index (χ1v) is 10.2. The number of aliphatic hydroxyl groups excluding tert-OH is 1. The Labute approximate surface area is 172 Å². The van der Waals surface area contributed by atoms with Crippen LogP contribution < -0.4 is 4.74 Å². The molecule has 0 unspecified atom stereocenters. The first-order valence-electron chi connectivity index (χ1n) is 9.80. The third kappa shape index (κ3) is 4.10. The lowest BCUT2D eigenvalue weighted by Gasteiger charge is -2.17. The summed E-state index contributed by atoms with van der Waals surface area (Å²) in [6.45, 7) is 4.08. The van der Waals surface area contributed by atoms with E-state index in [9.17, 15) is 9.90 Å². The van der Waals surface area contributed by atoms with Crippen LogP contribution in [-0.2, 0) is 11.2 Å². The van der Waals surface area contributed by atoms with Crippen molar-refractivity contribution >= 4 is 23.5 Å². The highest BCUT2D eigenvalue weighted by Crippen LogP contribution is 2.39. The summed E-state index contributed by atoms with van der Waals surface area (Å²) in [7, 11) is 1.65. The second-order valence-corrected chi connectivity index (χ2v) is 7.92. The van der Waals surface area contributed by atoms with Crippen molar-refractivity contribution < 1.29 is 14.6 Å². The summed E-state index contributed by atoms with van der Waals surface area (Å²) >= 11 is 6.22. The number of ether oxygens (including phenoxy) is 1. The van der Waals surface area contributed by atoms with Crippen molar-refractivity contribution in [2.75, 3.05) is 7.11 Å². The van der Waals surface area contributed by atoms with Crippen molar-refractivity contribution in [1.82, 2.24) is 0 Å². The van der Waals surface area contributed by atoms with E-state index in [4.69, 9.17) is 16.3 Å². The van der Waals surface area contributed by atoms with Crippen LogP contribution in [0.2, 0.25) is 5.02 Å². The Hall–Kier alpha value is -2.26. The smallest absolute Gasteiger partial charge is 0.126 e. The van der Waals surface area contributed by atoms with Gasteiger partial charge in [0.05, 0.1) is 12.9 Å². The zero-order valence-electron chi connectivity index (χ0n) is 16.7. The Morgan fingerprint density at radius 1 is 1.25 bits per heavy atom. The zero-order valence-corrected chi connectivity index (χ0v) is 17.4. The zero-order chi connectivity index (χ0) is 20.3. The van der Waals surface area contributed by atoms with Crippen molar-refractivity contribution in [3.63, 3.8) is 0 Å². The molecule has 1 aliphatic carbocycles. The molecule has 0 bridgehead atoms. The molecular weight excluding hydrogens is 372 g/mol. The van der Waals surface area contributed by atoms with Crippen LogP contribution in [0.3, 0.4) is 0 Å². The van der Waals surface area contributed by atoms with Gasteiger partial charge in [0.25, 0.3) is 0 Å². The lowest BCUT2D eigenvalue weighted by molar-refractivity contribution is -0.110. The molecule has 3 nitrogen and oxygen atoms in total. The molecule has 0 amide bonds. The number of hydrogen-bond donors (Lipinski definition) is 1. The van der Waals surface area contributed by atoms with E-state index in [-0.39, 0.29) is 11.8 Å². The molecule has 1 aliphatic rings. The average Bonchev–Trinajstić information content (AvgIpc) is 3.21. The fourth-order valence-corrected chi connectivity index (χ4v) is 4.31. The Morgan fingerprint density at radius 3 is 2.68 bits per heavy atom. The molecule has 1 N–H and O–H groups in total. The molecule has 28 heavy (non-hydrogen) atoms. The van der Waals surface area contributed by atoms with Crippen LogP contribution in [0.1, 0.15) is 44.2 Å². The number of aliphatic hydroxyl groups is 1. The molecule has 2 aromatic rings. The quantitative estimate of drug-likeness (QED) is 0.447. The second-order valence-electron chi connectivity index (χ2n) is 7.49. The molecule has 0 aromatic heterocycles. The molecule has 148 valence electrons. The molecule has 0 saturated heterocycles. The lowest BCUT2D eigenvalue weighted by Crippen LogP contribution is -2.04. The Morgan fingerprint density at radius 2 is 2.04 bits per heavy atom. The van der Waals surface area contributed by atoms with Crippen LogP contribution in [0, 0.1) is 11.8 Å². The molecule has 0 spiro atoms. The fourth-order valence-electron chi connectivity index (χ4n) is 4.14. The first-order chi connectivity index (χ1) is 13.5. The molecule has 2 aromatic carbocycles. The van der Waals surface area contributed by atoms with Gasteiger partial charge in [-0.3, -0.25) is 0 Å². The minimum Gasteiger partial charge on any atom is -0.512 e. The van der Waals surface area contributed by atoms with E-state index in [0.29, 0.717) is 10.8 Å². The summed E-state index contributed by atoms with van der Waals surface area (Å²) in [5.41, 5.74) is 5.02. The summed E-state index contributed by atoms with van der Waals surface area (Å²) in [6, 6.07) is 11.8. The summed E-state index contributed by atoms with van der Waals surface area (Å²) in [5, 5.41) is 11.6. The number of allylic oxidation sites excluding steroid dienone is 2. The van der Waals surface area contributed by atoms with E-state index in [1.54, 1.807) is 7.11 Å². The van der Waals surface area contributed by atoms with Crippen molar-refractivity contribution in [2.45, 2.75) is 39.5 Å². The maximum atomic E-state index is 11.1. The van der Waals surface area contributed by atoms with Crippen LogP contribution in [0.5, 0.6) is 5.75 Å².